The van der Waals surface area contributed by atoms with Crippen LogP contribution in [-0.2, 0) is 0 Å². The quantitative estimate of drug-likeness (QED) is 0.738. The Bertz CT molecular complexity index is 333. The summed E-state index contributed by atoms with van der Waals surface area (Å²) < 4.78 is 5.19. The molecule has 0 aliphatic heterocycles. The molecule has 0 aliphatic carbocycles. The zero-order valence-electron chi connectivity index (χ0n) is 8.86. The minimum Gasteiger partial charge on any atom is -0.416 e. The number of hydrogen-bond acceptors (Lipinski definition) is 6. The normalized spacial score (nSPS) is 12.3. The second kappa shape index (κ2) is 6.43. The average molecular weight is 226 g/mol. The van der Waals surface area contributed by atoms with Gasteiger partial charge < -0.3 is 9.73 Å². The number of nitrogens with zero attached hydrogens (tertiary/aromatic N) is 3. The van der Waals surface area contributed by atoms with Gasteiger partial charge in [-0.2, -0.15) is 5.26 Å². The van der Waals surface area contributed by atoms with Crippen molar-refractivity contribution >= 4 is 11.8 Å². The molecule has 0 fully saturated rings. The third-order valence-corrected chi connectivity index (χ3v) is 2.59. The molecule has 1 heterocycles. The van der Waals surface area contributed by atoms with Crippen LogP contribution in [-0.4, -0.2) is 28.5 Å². The molecule has 0 radical (unpaired) electrons. The Balaban J connectivity index is 2.31. The van der Waals surface area contributed by atoms with Gasteiger partial charge in [0.2, 0.25) is 5.89 Å². The highest BCUT2D eigenvalue weighted by Gasteiger charge is 2.09. The molecule has 1 atom stereocenters. The van der Waals surface area contributed by atoms with Crippen molar-refractivity contribution in [2.24, 2.45) is 0 Å². The smallest absolute Gasteiger partial charge is 0.276 e. The molecule has 82 valence electrons. The van der Waals surface area contributed by atoms with Gasteiger partial charge in [0.05, 0.1) is 6.07 Å². The van der Waals surface area contributed by atoms with Crippen LogP contribution in [0.1, 0.15) is 19.2 Å². The van der Waals surface area contributed by atoms with Crippen molar-refractivity contribution in [1.29, 1.82) is 5.26 Å². The zero-order valence-corrected chi connectivity index (χ0v) is 9.67. The van der Waals surface area contributed by atoms with Crippen molar-refractivity contribution in [3.05, 3.63) is 5.89 Å². The fraction of sp³-hybridized carbons (Fsp3) is 0.667. The Labute approximate surface area is 93.3 Å². The Morgan fingerprint density at radius 2 is 2.40 bits per heavy atom. The lowest BCUT2D eigenvalue weighted by atomic mass is 10.3. The largest absolute Gasteiger partial charge is 0.416 e. The molecule has 1 unspecified atom stereocenters. The molecule has 0 saturated heterocycles. The van der Waals surface area contributed by atoms with Crippen molar-refractivity contribution in [3.63, 3.8) is 0 Å². The summed E-state index contributed by atoms with van der Waals surface area (Å²) in [7, 11) is 0. The highest BCUT2D eigenvalue weighted by molar-refractivity contribution is 7.99. The molecule has 0 aliphatic rings. The molecule has 5 nitrogen and oxygen atoms in total. The fourth-order valence-electron chi connectivity index (χ4n) is 0.952. The topological polar surface area (TPSA) is 74.7 Å². The third kappa shape index (κ3) is 4.32. The predicted octanol–water partition coefficient (Wildman–Crippen LogP) is 1.36. The van der Waals surface area contributed by atoms with E-state index in [-0.39, 0.29) is 6.04 Å². The first kappa shape index (κ1) is 12.0. The van der Waals surface area contributed by atoms with Crippen LogP contribution in [0.2, 0.25) is 0 Å². The van der Waals surface area contributed by atoms with Gasteiger partial charge >= 0.3 is 0 Å². The lowest BCUT2D eigenvalue weighted by Crippen LogP contribution is -2.30. The maximum absolute atomic E-state index is 8.84. The van der Waals surface area contributed by atoms with Crippen LogP contribution in [0.5, 0.6) is 0 Å². The maximum atomic E-state index is 8.84. The van der Waals surface area contributed by atoms with Gasteiger partial charge in [0.15, 0.2) is 0 Å². The van der Waals surface area contributed by atoms with Crippen molar-refractivity contribution in [2.45, 2.75) is 31.5 Å². The van der Waals surface area contributed by atoms with Gasteiger partial charge in [-0.05, 0) is 13.0 Å². The van der Waals surface area contributed by atoms with E-state index < -0.39 is 0 Å². The van der Waals surface area contributed by atoms with Crippen LogP contribution < -0.4 is 5.32 Å². The summed E-state index contributed by atoms with van der Waals surface area (Å²) in [5, 5.41) is 20.0. The first-order valence-corrected chi connectivity index (χ1v) is 5.80. The van der Waals surface area contributed by atoms with Crippen LogP contribution in [0.3, 0.4) is 0 Å². The monoisotopic (exact) mass is 226 g/mol. The molecule has 0 aromatic carbocycles. The highest BCUT2D eigenvalue weighted by atomic mass is 32.2. The molecule has 1 N–H and O–H groups in total. The van der Waals surface area contributed by atoms with Crippen LogP contribution >= 0.6 is 11.8 Å². The molecule has 1 aromatic rings. The average Bonchev–Trinajstić information content (AvgIpc) is 2.65. The van der Waals surface area contributed by atoms with Crippen LogP contribution in [0, 0.1) is 18.3 Å². The van der Waals surface area contributed by atoms with Gasteiger partial charge in [-0.3, -0.25) is 0 Å². The Morgan fingerprint density at radius 1 is 1.60 bits per heavy atom. The van der Waals surface area contributed by atoms with E-state index in [1.54, 1.807) is 6.92 Å². The van der Waals surface area contributed by atoms with Crippen LogP contribution in [0.4, 0.5) is 0 Å². The molecule has 0 spiro atoms. The zero-order chi connectivity index (χ0) is 11.1. The van der Waals surface area contributed by atoms with Gasteiger partial charge in [0.25, 0.3) is 5.22 Å². The lowest BCUT2D eigenvalue weighted by Gasteiger charge is -2.07. The number of nitrogens with one attached hydrogen (secondary N) is 1. The minimum absolute atomic E-state index is 0.165. The summed E-state index contributed by atoms with van der Waals surface area (Å²) in [6.45, 7) is 4.66. The second-order valence-corrected chi connectivity index (χ2v) is 4.01. The van der Waals surface area contributed by atoms with Gasteiger partial charge in [-0.25, -0.2) is 0 Å². The summed E-state index contributed by atoms with van der Waals surface area (Å²) in [4.78, 5) is 0. The van der Waals surface area contributed by atoms with Gasteiger partial charge in [-0.15, -0.1) is 10.2 Å². The lowest BCUT2D eigenvalue weighted by molar-refractivity contribution is 0.429. The van der Waals surface area contributed by atoms with Crippen LogP contribution in [0.15, 0.2) is 9.64 Å². The van der Waals surface area contributed by atoms with Gasteiger partial charge in [0.1, 0.15) is 6.04 Å². The number of rotatable bonds is 6. The number of nitriles is 1. The van der Waals surface area contributed by atoms with E-state index in [0.717, 1.165) is 13.0 Å². The Hall–Kier alpha value is -1.06. The van der Waals surface area contributed by atoms with Crippen molar-refractivity contribution in [1.82, 2.24) is 15.5 Å². The molecule has 15 heavy (non-hydrogen) atoms. The summed E-state index contributed by atoms with van der Waals surface area (Å²) in [6, 6.07) is 2.03. The molecular weight excluding hydrogens is 212 g/mol. The Kier molecular flexibility index (Phi) is 5.15. The second-order valence-electron chi connectivity index (χ2n) is 3.03. The number of thioether (sulfide) groups is 1. The van der Waals surface area contributed by atoms with Crippen molar-refractivity contribution < 1.29 is 4.42 Å². The standard InChI is InChI=1S/C9H14N4OS/c1-3-4-11-8(5-10)6-15-9-13-12-7(2)14-9/h8,11H,3-4,6H2,1-2H3. The summed E-state index contributed by atoms with van der Waals surface area (Å²) >= 11 is 1.40. The van der Waals surface area contributed by atoms with Gasteiger partial charge in [-0.1, -0.05) is 18.7 Å². The number of aryl methyl sites for hydroxylation is 1. The van der Waals surface area contributed by atoms with Gasteiger partial charge in [0, 0.05) is 12.7 Å². The van der Waals surface area contributed by atoms with E-state index in [2.05, 4.69) is 28.5 Å². The van der Waals surface area contributed by atoms with E-state index in [0.29, 0.717) is 16.9 Å². The van der Waals surface area contributed by atoms with E-state index in [9.17, 15) is 0 Å². The maximum Gasteiger partial charge on any atom is 0.276 e. The molecule has 6 heteroatoms. The molecule has 0 bridgehead atoms. The molecule has 0 amide bonds. The predicted molar refractivity (Wildman–Crippen MR) is 57.5 cm³/mol. The first-order chi connectivity index (χ1) is 7.26. The highest BCUT2D eigenvalue weighted by Crippen LogP contribution is 2.16. The third-order valence-electron chi connectivity index (χ3n) is 1.68. The number of hydrogen-bond donors (Lipinski definition) is 1. The van der Waals surface area contributed by atoms with Crippen LogP contribution in [0.25, 0.3) is 0 Å². The van der Waals surface area contributed by atoms with E-state index in [1.165, 1.54) is 11.8 Å². The Morgan fingerprint density at radius 3 is 2.93 bits per heavy atom. The van der Waals surface area contributed by atoms with E-state index in [4.69, 9.17) is 9.68 Å². The van der Waals surface area contributed by atoms with E-state index >= 15 is 0 Å². The molecule has 1 aromatic heterocycles. The summed E-state index contributed by atoms with van der Waals surface area (Å²) in [5.41, 5.74) is 0. The fourth-order valence-corrected chi connectivity index (χ4v) is 1.73. The van der Waals surface area contributed by atoms with E-state index in [1.807, 2.05) is 0 Å². The number of aromatic nitrogens is 2. The molecule has 1 rings (SSSR count). The summed E-state index contributed by atoms with van der Waals surface area (Å²) in [6.07, 6.45) is 1.02. The molecule has 0 saturated carbocycles. The van der Waals surface area contributed by atoms with Crippen molar-refractivity contribution in [3.8, 4) is 6.07 Å². The SMILES string of the molecule is CCCNC(C#N)CSc1nnc(C)o1. The first-order valence-electron chi connectivity index (χ1n) is 4.82. The summed E-state index contributed by atoms with van der Waals surface area (Å²) in [5.74, 6) is 1.17. The van der Waals surface area contributed by atoms with Crippen molar-refractivity contribution in [2.75, 3.05) is 12.3 Å². The molecular formula is C9H14N4OS. The minimum atomic E-state index is -0.165.